The topological polar surface area (TPSA) is 27.0 Å². The van der Waals surface area contributed by atoms with Gasteiger partial charge < -0.3 is 0 Å². The fraction of sp³-hybridized carbons (Fsp3) is 0.519. The molecule has 0 heterocycles. The lowest BCUT2D eigenvalue weighted by atomic mass is 9.67. The van der Waals surface area contributed by atoms with Crippen molar-refractivity contribution in [3.05, 3.63) is 71.3 Å². The van der Waals surface area contributed by atoms with Gasteiger partial charge in [-0.2, -0.15) is 18.4 Å². The van der Waals surface area contributed by atoms with Crippen molar-refractivity contribution >= 4 is 0 Å². The van der Waals surface area contributed by atoms with Crippen molar-refractivity contribution < 1.29 is 13.2 Å². The van der Waals surface area contributed by atoms with Crippen molar-refractivity contribution in [2.45, 2.75) is 76.6 Å². The van der Waals surface area contributed by atoms with E-state index in [1.165, 1.54) is 17.7 Å². The second kappa shape index (κ2) is 10.5. The molecule has 0 N–H and O–H groups in total. The van der Waals surface area contributed by atoms with Gasteiger partial charge in [0, 0.05) is 12.6 Å². The molecular weight excluding hydrogens is 409 g/mol. The predicted octanol–water partition coefficient (Wildman–Crippen LogP) is 7.35. The molecule has 5 heteroatoms. The van der Waals surface area contributed by atoms with Gasteiger partial charge in [0.25, 0.3) is 0 Å². The number of nitrogens with zero attached hydrogens (tertiary/aromatic N) is 2. The minimum atomic E-state index is -4.36. The summed E-state index contributed by atoms with van der Waals surface area (Å²) in [5.74, 6) is 0.200. The Hall–Kier alpha value is -2.32. The fourth-order valence-corrected chi connectivity index (χ4v) is 5.07. The third-order valence-corrected chi connectivity index (χ3v) is 6.95. The highest BCUT2D eigenvalue weighted by atomic mass is 19.4. The Kier molecular flexibility index (Phi) is 8.00. The van der Waals surface area contributed by atoms with Gasteiger partial charge in [0.1, 0.15) is 0 Å². The minimum Gasteiger partial charge on any atom is -0.297 e. The lowest BCUT2D eigenvalue weighted by molar-refractivity contribution is -0.137. The maximum atomic E-state index is 13.1. The number of nitriles is 1. The number of rotatable bonds is 9. The van der Waals surface area contributed by atoms with Crippen LogP contribution in [0.3, 0.4) is 0 Å². The maximum absolute atomic E-state index is 13.1. The van der Waals surface area contributed by atoms with Crippen LogP contribution < -0.4 is 0 Å². The molecule has 1 aliphatic carbocycles. The molecule has 3 rings (SSSR count). The second-order valence-corrected chi connectivity index (χ2v) is 9.29. The summed E-state index contributed by atoms with van der Waals surface area (Å²) in [6, 6.07) is 18.6. The molecular formula is C27H33F3N2. The van der Waals surface area contributed by atoms with Crippen LogP contribution in [0.1, 0.15) is 69.1 Å². The van der Waals surface area contributed by atoms with Crippen molar-refractivity contribution in [2.24, 2.45) is 5.92 Å². The van der Waals surface area contributed by atoms with E-state index in [9.17, 15) is 18.4 Å². The van der Waals surface area contributed by atoms with E-state index in [4.69, 9.17) is 0 Å². The van der Waals surface area contributed by atoms with E-state index in [2.05, 4.69) is 36.9 Å². The molecule has 32 heavy (non-hydrogen) atoms. The summed E-state index contributed by atoms with van der Waals surface area (Å²) >= 11 is 0. The van der Waals surface area contributed by atoms with Gasteiger partial charge in [0.15, 0.2) is 0 Å². The minimum absolute atomic E-state index is 0.200. The highest BCUT2D eigenvalue weighted by Crippen LogP contribution is 2.45. The highest BCUT2D eigenvalue weighted by Gasteiger charge is 2.42. The zero-order chi connectivity index (χ0) is 23.2. The maximum Gasteiger partial charge on any atom is 0.416 e. The van der Waals surface area contributed by atoms with Crippen LogP contribution in [0.2, 0.25) is 0 Å². The van der Waals surface area contributed by atoms with E-state index in [1.807, 2.05) is 18.2 Å². The molecule has 2 nitrogen and oxygen atoms in total. The number of alkyl halides is 3. The molecule has 0 bridgehead atoms. The zero-order valence-corrected chi connectivity index (χ0v) is 19.0. The summed E-state index contributed by atoms with van der Waals surface area (Å²) in [6.07, 6.45) is 1.23. The Morgan fingerprint density at radius 3 is 2.09 bits per heavy atom. The number of halogens is 3. The third-order valence-electron chi connectivity index (χ3n) is 6.95. The van der Waals surface area contributed by atoms with Crippen LogP contribution in [0.5, 0.6) is 0 Å². The van der Waals surface area contributed by atoms with Gasteiger partial charge >= 0.3 is 6.18 Å². The SMILES string of the molecule is CC(C)N(CCCC(C#N)(c1ccc(C(F)(F)F)cc1)C1CCCC1)Cc1ccccc1. The lowest BCUT2D eigenvalue weighted by Crippen LogP contribution is -2.36. The molecule has 1 aliphatic rings. The summed E-state index contributed by atoms with van der Waals surface area (Å²) in [4.78, 5) is 2.40. The van der Waals surface area contributed by atoms with E-state index < -0.39 is 17.2 Å². The van der Waals surface area contributed by atoms with Gasteiger partial charge in [-0.3, -0.25) is 4.90 Å². The van der Waals surface area contributed by atoms with Crippen LogP contribution in [-0.4, -0.2) is 17.5 Å². The standard InChI is InChI=1S/C27H33F3N2/c1-21(2)32(19-22-9-4-3-5-10-22)18-8-17-26(20-31,23-11-6-7-12-23)24-13-15-25(16-14-24)27(28,29)30/h3-5,9-10,13-16,21,23H,6-8,11-12,17-19H2,1-2H3. The van der Waals surface area contributed by atoms with E-state index in [0.29, 0.717) is 12.5 Å². The normalized spacial score (nSPS) is 16.9. The van der Waals surface area contributed by atoms with Crippen LogP contribution in [0, 0.1) is 17.2 Å². The molecule has 0 amide bonds. The number of benzene rings is 2. The first-order valence-corrected chi connectivity index (χ1v) is 11.6. The fourth-order valence-electron chi connectivity index (χ4n) is 5.07. The quantitative estimate of drug-likeness (QED) is 0.406. The zero-order valence-electron chi connectivity index (χ0n) is 19.0. The van der Waals surface area contributed by atoms with Crippen LogP contribution in [0.25, 0.3) is 0 Å². The van der Waals surface area contributed by atoms with E-state index in [1.54, 1.807) is 0 Å². The molecule has 0 saturated heterocycles. The van der Waals surface area contributed by atoms with E-state index in [0.717, 1.165) is 62.9 Å². The van der Waals surface area contributed by atoms with E-state index >= 15 is 0 Å². The van der Waals surface area contributed by atoms with Gasteiger partial charge in [-0.15, -0.1) is 0 Å². The largest absolute Gasteiger partial charge is 0.416 e. The Labute approximate surface area is 190 Å². The Bertz CT molecular complexity index is 878. The molecule has 1 fully saturated rings. The van der Waals surface area contributed by atoms with Gasteiger partial charge in [0.2, 0.25) is 0 Å². The van der Waals surface area contributed by atoms with Gasteiger partial charge in [-0.1, -0.05) is 55.3 Å². The highest BCUT2D eigenvalue weighted by molar-refractivity contribution is 5.37. The molecule has 0 radical (unpaired) electrons. The van der Waals surface area contributed by atoms with Crippen molar-refractivity contribution in [1.29, 1.82) is 5.26 Å². The molecule has 1 unspecified atom stereocenters. The smallest absolute Gasteiger partial charge is 0.297 e. The number of hydrogen-bond acceptors (Lipinski definition) is 2. The molecule has 0 spiro atoms. The van der Waals surface area contributed by atoms with Crippen LogP contribution in [0.4, 0.5) is 13.2 Å². The molecule has 0 aliphatic heterocycles. The summed E-state index contributed by atoms with van der Waals surface area (Å²) < 4.78 is 39.2. The molecule has 1 atom stereocenters. The van der Waals surface area contributed by atoms with Crippen molar-refractivity contribution in [1.82, 2.24) is 4.90 Å². The first-order valence-electron chi connectivity index (χ1n) is 11.6. The average Bonchev–Trinajstić information content (AvgIpc) is 3.32. The van der Waals surface area contributed by atoms with Crippen molar-refractivity contribution in [3.63, 3.8) is 0 Å². The van der Waals surface area contributed by atoms with Gasteiger partial charge in [-0.25, -0.2) is 0 Å². The Morgan fingerprint density at radius 1 is 0.969 bits per heavy atom. The second-order valence-electron chi connectivity index (χ2n) is 9.29. The summed E-state index contributed by atoms with van der Waals surface area (Å²) in [5.41, 5.74) is 0.606. The Morgan fingerprint density at radius 2 is 1.56 bits per heavy atom. The third kappa shape index (κ3) is 5.72. The summed E-state index contributed by atoms with van der Waals surface area (Å²) in [7, 11) is 0. The van der Waals surface area contributed by atoms with Gasteiger partial charge in [-0.05, 0) is 75.3 Å². The first kappa shape index (κ1) is 24.3. The van der Waals surface area contributed by atoms with Crippen LogP contribution >= 0.6 is 0 Å². The predicted molar refractivity (Wildman–Crippen MR) is 122 cm³/mol. The Balaban J connectivity index is 1.78. The molecule has 2 aromatic rings. The first-order chi connectivity index (χ1) is 15.3. The van der Waals surface area contributed by atoms with Crippen LogP contribution in [-0.2, 0) is 18.1 Å². The molecule has 172 valence electrons. The van der Waals surface area contributed by atoms with Crippen LogP contribution in [0.15, 0.2) is 54.6 Å². The lowest BCUT2D eigenvalue weighted by Gasteiger charge is -2.35. The number of hydrogen-bond donors (Lipinski definition) is 0. The molecule has 2 aromatic carbocycles. The summed E-state index contributed by atoms with van der Waals surface area (Å²) in [5, 5.41) is 10.3. The average molecular weight is 443 g/mol. The summed E-state index contributed by atoms with van der Waals surface area (Å²) in [6.45, 7) is 6.05. The van der Waals surface area contributed by atoms with E-state index in [-0.39, 0.29) is 5.92 Å². The van der Waals surface area contributed by atoms with Crippen molar-refractivity contribution in [3.8, 4) is 6.07 Å². The monoisotopic (exact) mass is 442 g/mol. The van der Waals surface area contributed by atoms with Crippen molar-refractivity contribution in [2.75, 3.05) is 6.54 Å². The van der Waals surface area contributed by atoms with Gasteiger partial charge in [0.05, 0.1) is 17.0 Å². The molecule has 1 saturated carbocycles. The molecule has 0 aromatic heterocycles.